The standard InChI is InChI=1S/C25H33N3O7S2/c1-18(29)20-8-10-21(11-9-20)27-37(33,34)23-7-5-6-22(16-23)36(31,32)26-17-19-12-14-28(15-13-19)24(30)35-25(2,3)4/h5-11,16,19,26-27H,12-15,17H2,1-4H3. The van der Waals surface area contributed by atoms with Gasteiger partial charge in [-0.15, -0.1) is 0 Å². The van der Waals surface area contributed by atoms with Gasteiger partial charge in [-0.3, -0.25) is 9.52 Å². The van der Waals surface area contributed by atoms with Crippen LogP contribution in [0.25, 0.3) is 0 Å². The molecule has 0 atom stereocenters. The van der Waals surface area contributed by atoms with Crippen LogP contribution in [-0.2, 0) is 24.8 Å². The molecule has 3 rings (SSSR count). The van der Waals surface area contributed by atoms with Crippen LogP contribution < -0.4 is 9.44 Å². The summed E-state index contributed by atoms with van der Waals surface area (Å²) >= 11 is 0. The molecule has 0 aliphatic carbocycles. The summed E-state index contributed by atoms with van der Waals surface area (Å²) < 4.78 is 61.8. The fourth-order valence-electron chi connectivity index (χ4n) is 3.75. The van der Waals surface area contributed by atoms with Gasteiger partial charge >= 0.3 is 6.09 Å². The molecule has 37 heavy (non-hydrogen) atoms. The summed E-state index contributed by atoms with van der Waals surface area (Å²) in [6, 6.07) is 11.0. The lowest BCUT2D eigenvalue weighted by atomic mass is 9.97. The molecular weight excluding hydrogens is 518 g/mol. The van der Waals surface area contributed by atoms with Crippen LogP contribution >= 0.6 is 0 Å². The number of likely N-dealkylation sites (tertiary alicyclic amines) is 1. The smallest absolute Gasteiger partial charge is 0.410 e. The highest BCUT2D eigenvalue weighted by Crippen LogP contribution is 2.22. The van der Waals surface area contributed by atoms with Gasteiger partial charge in [0.15, 0.2) is 5.78 Å². The molecule has 12 heteroatoms. The van der Waals surface area contributed by atoms with Gasteiger partial charge in [0.05, 0.1) is 9.79 Å². The summed E-state index contributed by atoms with van der Waals surface area (Å²) in [5.41, 5.74) is 0.105. The first-order chi connectivity index (χ1) is 17.2. The molecule has 202 valence electrons. The van der Waals surface area contributed by atoms with E-state index in [1.165, 1.54) is 49.4 Å². The van der Waals surface area contributed by atoms with Gasteiger partial charge < -0.3 is 9.64 Å². The summed E-state index contributed by atoms with van der Waals surface area (Å²) in [5, 5.41) is 0. The first-order valence-corrected chi connectivity index (χ1v) is 14.8. The molecule has 2 aromatic carbocycles. The van der Waals surface area contributed by atoms with Crippen molar-refractivity contribution >= 4 is 37.6 Å². The van der Waals surface area contributed by atoms with Crippen LogP contribution in [0.4, 0.5) is 10.5 Å². The minimum absolute atomic E-state index is 0.0278. The number of carbonyl (C=O) groups is 2. The number of ketones is 1. The molecule has 1 saturated heterocycles. The first-order valence-electron chi connectivity index (χ1n) is 11.9. The largest absolute Gasteiger partial charge is 0.444 e. The van der Waals surface area contributed by atoms with Crippen molar-refractivity contribution in [3.05, 3.63) is 54.1 Å². The van der Waals surface area contributed by atoms with E-state index in [9.17, 15) is 26.4 Å². The average molecular weight is 552 g/mol. The topological polar surface area (TPSA) is 139 Å². The van der Waals surface area contributed by atoms with Crippen LogP contribution in [0.3, 0.4) is 0 Å². The molecule has 0 spiro atoms. The van der Waals surface area contributed by atoms with Crippen molar-refractivity contribution < 1.29 is 31.2 Å². The van der Waals surface area contributed by atoms with Gasteiger partial charge in [0.1, 0.15) is 5.60 Å². The SMILES string of the molecule is CC(=O)c1ccc(NS(=O)(=O)c2cccc(S(=O)(=O)NCC3CCN(C(=O)OC(C)(C)C)CC3)c2)cc1. The molecule has 0 aromatic heterocycles. The maximum atomic E-state index is 12.9. The van der Waals surface area contributed by atoms with Crippen molar-refractivity contribution in [3.8, 4) is 0 Å². The number of amides is 1. The van der Waals surface area contributed by atoms with Crippen LogP contribution in [0.5, 0.6) is 0 Å². The Morgan fingerprint density at radius 1 is 0.946 bits per heavy atom. The molecule has 0 saturated carbocycles. The molecule has 0 unspecified atom stereocenters. The number of Topliss-reactive ketones (excluding diaryl/α,β-unsaturated/α-hetero) is 1. The van der Waals surface area contributed by atoms with Crippen LogP contribution in [0.2, 0.25) is 0 Å². The minimum atomic E-state index is -4.07. The number of nitrogens with one attached hydrogen (secondary N) is 2. The van der Waals surface area contributed by atoms with Gasteiger partial charge in [0, 0.05) is 30.9 Å². The predicted octanol–water partition coefficient (Wildman–Crippen LogP) is 3.62. The highest BCUT2D eigenvalue weighted by Gasteiger charge is 2.28. The zero-order valence-corrected chi connectivity index (χ0v) is 23.0. The van der Waals surface area contributed by atoms with E-state index in [2.05, 4.69) is 9.44 Å². The van der Waals surface area contributed by atoms with Crippen LogP contribution in [-0.4, -0.2) is 58.8 Å². The van der Waals surface area contributed by atoms with E-state index in [1.807, 2.05) is 0 Å². The van der Waals surface area contributed by atoms with Gasteiger partial charge in [-0.05, 0) is 88.9 Å². The Bertz CT molecular complexity index is 1340. The van der Waals surface area contributed by atoms with E-state index in [0.717, 1.165) is 6.07 Å². The average Bonchev–Trinajstić information content (AvgIpc) is 2.82. The zero-order chi connectivity index (χ0) is 27.4. The second kappa shape index (κ2) is 11.2. The van der Waals surface area contributed by atoms with Gasteiger partial charge in [-0.25, -0.2) is 26.4 Å². The van der Waals surface area contributed by atoms with E-state index in [4.69, 9.17) is 4.74 Å². The highest BCUT2D eigenvalue weighted by molar-refractivity contribution is 7.93. The van der Waals surface area contributed by atoms with Crippen molar-refractivity contribution in [1.29, 1.82) is 0 Å². The second-order valence-electron chi connectivity index (χ2n) is 9.98. The first kappa shape index (κ1) is 28.6. The Kier molecular flexibility index (Phi) is 8.66. The Hall–Kier alpha value is -2.96. The molecule has 2 N–H and O–H groups in total. The van der Waals surface area contributed by atoms with E-state index in [-0.39, 0.29) is 39.8 Å². The number of hydrogen-bond donors (Lipinski definition) is 2. The Balaban J connectivity index is 1.61. The van der Waals surface area contributed by atoms with Crippen molar-refractivity contribution in [3.63, 3.8) is 0 Å². The van der Waals surface area contributed by atoms with Crippen molar-refractivity contribution in [2.45, 2.75) is 55.9 Å². The molecule has 0 radical (unpaired) electrons. The van der Waals surface area contributed by atoms with Gasteiger partial charge in [-0.1, -0.05) is 6.07 Å². The Labute approximate surface area is 218 Å². The number of hydrogen-bond acceptors (Lipinski definition) is 7. The van der Waals surface area contributed by atoms with Gasteiger partial charge in [0.2, 0.25) is 10.0 Å². The molecule has 10 nitrogen and oxygen atoms in total. The number of carbonyl (C=O) groups excluding carboxylic acids is 2. The second-order valence-corrected chi connectivity index (χ2v) is 13.4. The lowest BCUT2D eigenvalue weighted by Gasteiger charge is -2.33. The fraction of sp³-hybridized carbons (Fsp3) is 0.440. The lowest BCUT2D eigenvalue weighted by molar-refractivity contribution is 0.0185. The van der Waals surface area contributed by atoms with Gasteiger partial charge in [-0.2, -0.15) is 0 Å². The number of ether oxygens (including phenoxy) is 1. The van der Waals surface area contributed by atoms with Crippen molar-refractivity contribution in [2.24, 2.45) is 5.92 Å². The zero-order valence-electron chi connectivity index (χ0n) is 21.4. The summed E-state index contributed by atoms with van der Waals surface area (Å²) in [7, 11) is -8.04. The predicted molar refractivity (Wildman–Crippen MR) is 139 cm³/mol. The van der Waals surface area contributed by atoms with E-state index in [1.54, 1.807) is 25.7 Å². The normalized spacial score (nSPS) is 15.3. The summed E-state index contributed by atoms with van der Waals surface area (Å²) in [6.07, 6.45) is 0.846. The van der Waals surface area contributed by atoms with E-state index >= 15 is 0 Å². The van der Waals surface area contributed by atoms with Crippen molar-refractivity contribution in [1.82, 2.24) is 9.62 Å². The number of anilines is 1. The molecule has 0 bridgehead atoms. The van der Waals surface area contributed by atoms with Crippen LogP contribution in [0.15, 0.2) is 58.3 Å². The summed E-state index contributed by atoms with van der Waals surface area (Å²) in [5.74, 6) is -0.117. The monoisotopic (exact) mass is 551 g/mol. The fourth-order valence-corrected chi connectivity index (χ4v) is 6.09. The lowest BCUT2D eigenvalue weighted by Crippen LogP contribution is -2.43. The van der Waals surface area contributed by atoms with E-state index in [0.29, 0.717) is 31.5 Å². The summed E-state index contributed by atoms with van der Waals surface area (Å²) in [4.78, 5) is 24.9. The van der Waals surface area contributed by atoms with Crippen LogP contribution in [0, 0.1) is 5.92 Å². The van der Waals surface area contributed by atoms with Gasteiger partial charge in [0.25, 0.3) is 10.0 Å². The number of rotatable bonds is 8. The van der Waals surface area contributed by atoms with Crippen LogP contribution in [0.1, 0.15) is 50.9 Å². The summed E-state index contributed by atoms with van der Waals surface area (Å²) in [6.45, 7) is 7.91. The number of benzene rings is 2. The molecule has 1 fully saturated rings. The number of nitrogens with zero attached hydrogens (tertiary/aromatic N) is 1. The highest BCUT2D eigenvalue weighted by atomic mass is 32.2. The number of piperidine rings is 1. The molecule has 1 aliphatic heterocycles. The van der Waals surface area contributed by atoms with E-state index < -0.39 is 25.6 Å². The molecule has 2 aromatic rings. The minimum Gasteiger partial charge on any atom is -0.444 e. The maximum Gasteiger partial charge on any atom is 0.410 e. The number of sulfonamides is 2. The quantitative estimate of drug-likeness (QED) is 0.478. The third-order valence-electron chi connectivity index (χ3n) is 5.80. The molecule has 1 heterocycles. The Morgan fingerprint density at radius 2 is 1.51 bits per heavy atom. The maximum absolute atomic E-state index is 12.9. The van der Waals surface area contributed by atoms with Crippen molar-refractivity contribution in [2.75, 3.05) is 24.4 Å². The third kappa shape index (κ3) is 8.01. The molecule has 1 amide bonds. The molecular formula is C25H33N3O7S2. The Morgan fingerprint density at radius 3 is 2.05 bits per heavy atom. The third-order valence-corrected chi connectivity index (χ3v) is 8.60. The molecule has 1 aliphatic rings.